The van der Waals surface area contributed by atoms with Crippen LogP contribution in [0.2, 0.25) is 0 Å². The second-order valence-electron chi connectivity index (χ2n) is 9.40. The molecular weight excluding hydrogens is 616 g/mol. The molecule has 0 saturated heterocycles. The standard InChI is InChI=1S/C26H36N8O12/c27-18(36)7-6-15(34-26(45)46-13-14-4-2-1-3-5-14)23(42)30-9-20(38)29-10-21(39)32-17(12-35)25(44)33-16(8-19(28)37)24(43)31-11-22(40)41/h1-5,15-17,35H,6-13H2,(H2,27,36)(H2,28,37)(H,29,38)(H,30,42)(H,31,43)(H,32,39)(H,33,44)(H,34,45)(H,40,41)/t15-,16-,17-/m0/s1. The van der Waals surface area contributed by atoms with Gasteiger partial charge in [-0.25, -0.2) is 4.79 Å². The Balaban J connectivity index is 2.61. The number of rotatable bonds is 20. The van der Waals surface area contributed by atoms with E-state index in [1.807, 2.05) is 5.32 Å². The summed E-state index contributed by atoms with van der Waals surface area (Å²) in [5.74, 6) is -8.12. The number of benzene rings is 1. The van der Waals surface area contributed by atoms with Crippen LogP contribution in [0.5, 0.6) is 0 Å². The lowest BCUT2D eigenvalue weighted by atomic mass is 10.1. The van der Waals surface area contributed by atoms with Crippen molar-refractivity contribution in [1.29, 1.82) is 0 Å². The SMILES string of the molecule is NC(=O)CC[C@H](NC(=O)OCc1ccccc1)C(=O)NCC(=O)NCC(=O)N[C@@H](CO)C(=O)N[C@@H](CC(N)=O)C(=O)NCC(=O)O. The van der Waals surface area contributed by atoms with Gasteiger partial charge in [0.2, 0.25) is 41.4 Å². The van der Waals surface area contributed by atoms with Gasteiger partial charge in [0.25, 0.3) is 0 Å². The molecule has 0 aliphatic carbocycles. The van der Waals surface area contributed by atoms with Crippen LogP contribution in [0, 0.1) is 0 Å². The maximum atomic E-state index is 12.6. The molecule has 20 heteroatoms. The van der Waals surface area contributed by atoms with Gasteiger partial charge in [0.15, 0.2) is 0 Å². The minimum Gasteiger partial charge on any atom is -0.480 e. The fraction of sp³-hybridized carbons (Fsp3) is 0.423. The Morgan fingerprint density at radius 1 is 0.696 bits per heavy atom. The van der Waals surface area contributed by atoms with Crippen LogP contribution in [0.4, 0.5) is 4.79 Å². The Morgan fingerprint density at radius 3 is 1.89 bits per heavy atom. The highest BCUT2D eigenvalue weighted by molar-refractivity contribution is 5.96. The summed E-state index contributed by atoms with van der Waals surface area (Å²) >= 11 is 0. The van der Waals surface area contributed by atoms with Crippen LogP contribution in [-0.4, -0.2) is 108 Å². The predicted octanol–water partition coefficient (Wildman–Crippen LogP) is -5.18. The Kier molecular flexibility index (Phi) is 16.8. The summed E-state index contributed by atoms with van der Waals surface area (Å²) in [5, 5.41) is 30.9. The van der Waals surface area contributed by atoms with Crippen LogP contribution in [0.1, 0.15) is 24.8 Å². The van der Waals surface area contributed by atoms with Gasteiger partial charge in [-0.05, 0) is 12.0 Å². The van der Waals surface area contributed by atoms with Gasteiger partial charge in [0.05, 0.1) is 26.1 Å². The first-order valence-electron chi connectivity index (χ1n) is 13.5. The summed E-state index contributed by atoms with van der Waals surface area (Å²) in [4.78, 5) is 107. The Morgan fingerprint density at radius 2 is 1.30 bits per heavy atom. The molecule has 8 amide bonds. The van der Waals surface area contributed by atoms with Crippen molar-refractivity contribution in [3.63, 3.8) is 0 Å². The summed E-state index contributed by atoms with van der Waals surface area (Å²) in [6, 6.07) is 4.06. The van der Waals surface area contributed by atoms with Crippen LogP contribution in [-0.2, 0) is 49.7 Å². The van der Waals surface area contributed by atoms with E-state index >= 15 is 0 Å². The maximum absolute atomic E-state index is 12.6. The van der Waals surface area contributed by atoms with Gasteiger partial charge < -0.3 is 58.3 Å². The number of aliphatic hydroxyl groups is 1. The van der Waals surface area contributed by atoms with Crippen LogP contribution in [0.15, 0.2) is 30.3 Å². The van der Waals surface area contributed by atoms with Crippen molar-refractivity contribution in [3.8, 4) is 0 Å². The molecule has 0 spiro atoms. The average molecular weight is 653 g/mol. The lowest BCUT2D eigenvalue weighted by Crippen LogP contribution is -2.57. The summed E-state index contributed by atoms with van der Waals surface area (Å²) in [6.07, 6.45) is -2.19. The molecule has 1 aromatic rings. The summed E-state index contributed by atoms with van der Waals surface area (Å²) in [5.41, 5.74) is 10.8. The van der Waals surface area contributed by atoms with Crippen molar-refractivity contribution in [2.45, 2.75) is 44.0 Å². The number of hydrogen-bond donors (Lipinski definition) is 10. The molecule has 0 aromatic heterocycles. The molecule has 0 aliphatic heterocycles. The Hall–Kier alpha value is -5.79. The second-order valence-corrected chi connectivity index (χ2v) is 9.40. The van der Waals surface area contributed by atoms with Crippen molar-refractivity contribution in [2.75, 3.05) is 26.2 Å². The number of aliphatic carboxylic acids is 1. The average Bonchev–Trinajstić information content (AvgIpc) is 3.00. The number of alkyl carbamates (subject to hydrolysis) is 1. The molecule has 46 heavy (non-hydrogen) atoms. The van der Waals surface area contributed by atoms with Crippen LogP contribution >= 0.6 is 0 Å². The number of carboxylic acids is 1. The van der Waals surface area contributed by atoms with Gasteiger partial charge in [-0.3, -0.25) is 38.4 Å². The van der Waals surface area contributed by atoms with E-state index < -0.39 is 104 Å². The fourth-order valence-corrected chi connectivity index (χ4v) is 3.40. The number of nitrogens with one attached hydrogen (secondary N) is 6. The van der Waals surface area contributed by atoms with Crippen molar-refractivity contribution in [1.82, 2.24) is 31.9 Å². The van der Waals surface area contributed by atoms with E-state index in [9.17, 15) is 48.3 Å². The normalized spacial score (nSPS) is 12.2. The van der Waals surface area contributed by atoms with Crippen molar-refractivity contribution >= 4 is 53.4 Å². The number of aliphatic hydroxyl groups excluding tert-OH is 1. The molecule has 20 nitrogen and oxygen atoms in total. The van der Waals surface area contributed by atoms with E-state index in [2.05, 4.69) is 26.6 Å². The van der Waals surface area contributed by atoms with Crippen molar-refractivity contribution in [2.24, 2.45) is 11.5 Å². The fourth-order valence-electron chi connectivity index (χ4n) is 3.40. The summed E-state index contributed by atoms with van der Waals surface area (Å²) in [6.45, 7) is -3.32. The molecule has 0 unspecified atom stereocenters. The van der Waals surface area contributed by atoms with Gasteiger partial charge in [-0.1, -0.05) is 30.3 Å². The third-order valence-corrected chi connectivity index (χ3v) is 5.66. The maximum Gasteiger partial charge on any atom is 0.408 e. The molecule has 1 rings (SSSR count). The number of primary amides is 2. The minimum atomic E-state index is -1.66. The molecule has 0 bridgehead atoms. The highest BCUT2D eigenvalue weighted by Crippen LogP contribution is 2.03. The number of hydrogen-bond acceptors (Lipinski definition) is 11. The molecule has 0 radical (unpaired) electrons. The van der Waals surface area contributed by atoms with Crippen molar-refractivity contribution < 1.29 is 58.1 Å². The molecule has 12 N–H and O–H groups in total. The zero-order chi connectivity index (χ0) is 34.6. The molecule has 0 heterocycles. The topological polar surface area (TPSA) is 328 Å². The first-order valence-corrected chi connectivity index (χ1v) is 13.5. The van der Waals surface area contributed by atoms with E-state index in [0.717, 1.165) is 0 Å². The molecule has 3 atom stereocenters. The number of ether oxygens (including phenoxy) is 1. The summed E-state index contributed by atoms with van der Waals surface area (Å²) < 4.78 is 5.05. The highest BCUT2D eigenvalue weighted by atomic mass is 16.5. The van der Waals surface area contributed by atoms with E-state index in [-0.39, 0.29) is 19.4 Å². The molecule has 252 valence electrons. The third kappa shape index (κ3) is 16.2. The number of amides is 8. The first-order chi connectivity index (χ1) is 21.7. The highest BCUT2D eigenvalue weighted by Gasteiger charge is 2.28. The molecular formula is C26H36N8O12. The monoisotopic (exact) mass is 652 g/mol. The van der Waals surface area contributed by atoms with Crippen LogP contribution < -0.4 is 43.4 Å². The van der Waals surface area contributed by atoms with Crippen LogP contribution in [0.25, 0.3) is 0 Å². The van der Waals surface area contributed by atoms with E-state index in [0.29, 0.717) is 5.56 Å². The molecule has 1 aromatic carbocycles. The zero-order valence-corrected chi connectivity index (χ0v) is 24.4. The van der Waals surface area contributed by atoms with Crippen LogP contribution in [0.3, 0.4) is 0 Å². The first kappa shape index (κ1) is 38.2. The van der Waals surface area contributed by atoms with Gasteiger partial charge in [0.1, 0.15) is 31.3 Å². The minimum absolute atomic E-state index is 0.101. The van der Waals surface area contributed by atoms with Gasteiger partial charge in [-0.15, -0.1) is 0 Å². The second kappa shape index (κ2) is 20.2. The summed E-state index contributed by atoms with van der Waals surface area (Å²) in [7, 11) is 0. The Labute approximate surface area is 261 Å². The zero-order valence-electron chi connectivity index (χ0n) is 24.4. The number of carboxylic acid groups (broad SMARTS) is 1. The van der Waals surface area contributed by atoms with E-state index in [1.165, 1.54) is 0 Å². The molecule has 0 saturated carbocycles. The van der Waals surface area contributed by atoms with Gasteiger partial charge in [-0.2, -0.15) is 0 Å². The lowest BCUT2D eigenvalue weighted by molar-refractivity contribution is -0.139. The molecule has 0 aliphatic rings. The van der Waals surface area contributed by atoms with Gasteiger partial charge >= 0.3 is 12.1 Å². The smallest absolute Gasteiger partial charge is 0.408 e. The predicted molar refractivity (Wildman–Crippen MR) is 153 cm³/mol. The van der Waals surface area contributed by atoms with E-state index in [4.69, 9.17) is 21.3 Å². The lowest BCUT2D eigenvalue weighted by Gasteiger charge is -2.21. The number of nitrogens with two attached hydrogens (primary N) is 2. The molecule has 0 fully saturated rings. The number of carbonyl (C=O) groups is 9. The van der Waals surface area contributed by atoms with Gasteiger partial charge in [0, 0.05) is 6.42 Å². The van der Waals surface area contributed by atoms with Crippen molar-refractivity contribution in [3.05, 3.63) is 35.9 Å². The third-order valence-electron chi connectivity index (χ3n) is 5.66. The number of carbonyl (C=O) groups excluding carboxylic acids is 8. The van der Waals surface area contributed by atoms with E-state index in [1.54, 1.807) is 30.3 Å². The Bertz CT molecular complexity index is 1280. The largest absolute Gasteiger partial charge is 0.480 e. The quantitative estimate of drug-likeness (QED) is 0.0632.